The van der Waals surface area contributed by atoms with E-state index in [-0.39, 0.29) is 11.9 Å². The Morgan fingerprint density at radius 1 is 1.29 bits per heavy atom. The summed E-state index contributed by atoms with van der Waals surface area (Å²) in [6.07, 6.45) is 0.945. The predicted molar refractivity (Wildman–Crippen MR) is 71.7 cm³/mol. The van der Waals surface area contributed by atoms with E-state index in [9.17, 15) is 4.79 Å². The molecule has 0 fully saturated rings. The SMILES string of the molecule is CC(C)CC(C)NC(=O)c1ccc(N)cc1N. The van der Waals surface area contributed by atoms with Crippen LogP contribution in [0.2, 0.25) is 0 Å². The van der Waals surface area contributed by atoms with Crippen molar-refractivity contribution >= 4 is 17.3 Å². The molecule has 0 aliphatic carbocycles. The molecule has 4 nitrogen and oxygen atoms in total. The number of benzene rings is 1. The third-order valence-corrected chi connectivity index (χ3v) is 2.52. The van der Waals surface area contributed by atoms with Gasteiger partial charge in [0, 0.05) is 17.4 Å². The highest BCUT2D eigenvalue weighted by Crippen LogP contribution is 2.16. The van der Waals surface area contributed by atoms with Gasteiger partial charge >= 0.3 is 0 Å². The van der Waals surface area contributed by atoms with Crippen LogP contribution in [0.3, 0.4) is 0 Å². The Kier molecular flexibility index (Phi) is 4.37. The molecule has 1 aromatic rings. The number of carbonyl (C=O) groups excluding carboxylic acids is 1. The summed E-state index contributed by atoms with van der Waals surface area (Å²) in [5, 5.41) is 2.93. The van der Waals surface area contributed by atoms with E-state index in [1.807, 2.05) is 6.92 Å². The number of anilines is 2. The van der Waals surface area contributed by atoms with E-state index < -0.39 is 0 Å². The summed E-state index contributed by atoms with van der Waals surface area (Å²) in [6, 6.07) is 5.07. The van der Waals surface area contributed by atoms with E-state index in [0.29, 0.717) is 22.9 Å². The highest BCUT2D eigenvalue weighted by molar-refractivity contribution is 5.99. The first kappa shape index (κ1) is 13.4. The van der Waals surface area contributed by atoms with E-state index in [4.69, 9.17) is 11.5 Å². The average molecular weight is 235 g/mol. The third kappa shape index (κ3) is 3.98. The van der Waals surface area contributed by atoms with Crippen molar-refractivity contribution in [3.05, 3.63) is 23.8 Å². The van der Waals surface area contributed by atoms with Crippen molar-refractivity contribution in [2.45, 2.75) is 33.2 Å². The van der Waals surface area contributed by atoms with E-state index >= 15 is 0 Å². The highest BCUT2D eigenvalue weighted by Gasteiger charge is 2.13. The van der Waals surface area contributed by atoms with Gasteiger partial charge in [-0.2, -0.15) is 0 Å². The summed E-state index contributed by atoms with van der Waals surface area (Å²) in [6.45, 7) is 6.24. The van der Waals surface area contributed by atoms with Crippen molar-refractivity contribution in [3.8, 4) is 0 Å². The molecule has 0 aliphatic rings. The molecule has 94 valence electrons. The first-order valence-corrected chi connectivity index (χ1v) is 5.86. The molecular formula is C13H21N3O. The van der Waals surface area contributed by atoms with Crippen molar-refractivity contribution in [1.82, 2.24) is 5.32 Å². The molecule has 0 saturated carbocycles. The lowest BCUT2D eigenvalue weighted by Gasteiger charge is -2.16. The van der Waals surface area contributed by atoms with Crippen LogP contribution in [0.15, 0.2) is 18.2 Å². The van der Waals surface area contributed by atoms with Gasteiger partial charge in [-0.3, -0.25) is 4.79 Å². The molecular weight excluding hydrogens is 214 g/mol. The van der Waals surface area contributed by atoms with Crippen LogP contribution in [0, 0.1) is 5.92 Å². The quantitative estimate of drug-likeness (QED) is 0.698. The van der Waals surface area contributed by atoms with E-state index in [1.54, 1.807) is 18.2 Å². The maximum absolute atomic E-state index is 11.9. The second kappa shape index (κ2) is 5.57. The van der Waals surface area contributed by atoms with Crippen LogP contribution in [0.1, 0.15) is 37.6 Å². The van der Waals surface area contributed by atoms with Crippen LogP contribution in [0.5, 0.6) is 0 Å². The third-order valence-electron chi connectivity index (χ3n) is 2.52. The highest BCUT2D eigenvalue weighted by atomic mass is 16.1. The van der Waals surface area contributed by atoms with Crippen LogP contribution in [-0.2, 0) is 0 Å². The van der Waals surface area contributed by atoms with E-state index in [0.717, 1.165) is 6.42 Å². The zero-order valence-corrected chi connectivity index (χ0v) is 10.7. The minimum atomic E-state index is -0.143. The van der Waals surface area contributed by atoms with Crippen LogP contribution in [0.25, 0.3) is 0 Å². The molecule has 0 bridgehead atoms. The lowest BCUT2D eigenvalue weighted by atomic mass is 10.0. The number of hydrogen-bond acceptors (Lipinski definition) is 3. The van der Waals surface area contributed by atoms with E-state index in [2.05, 4.69) is 19.2 Å². The summed E-state index contributed by atoms with van der Waals surface area (Å²) in [5.74, 6) is 0.407. The van der Waals surface area contributed by atoms with Crippen LogP contribution in [-0.4, -0.2) is 11.9 Å². The van der Waals surface area contributed by atoms with Gasteiger partial charge < -0.3 is 16.8 Å². The first-order valence-electron chi connectivity index (χ1n) is 5.86. The zero-order chi connectivity index (χ0) is 13.0. The molecule has 0 aliphatic heterocycles. The maximum atomic E-state index is 11.9. The molecule has 0 spiro atoms. The average Bonchev–Trinajstić information content (AvgIpc) is 2.15. The smallest absolute Gasteiger partial charge is 0.253 e. The van der Waals surface area contributed by atoms with Crippen molar-refractivity contribution in [2.24, 2.45) is 5.92 Å². The van der Waals surface area contributed by atoms with Gasteiger partial charge in [-0.15, -0.1) is 0 Å². The molecule has 17 heavy (non-hydrogen) atoms. The summed E-state index contributed by atoms with van der Waals surface area (Å²) in [5.41, 5.74) is 12.8. The summed E-state index contributed by atoms with van der Waals surface area (Å²) in [4.78, 5) is 11.9. The Morgan fingerprint density at radius 2 is 1.94 bits per heavy atom. The second-order valence-corrected chi connectivity index (χ2v) is 4.85. The Labute approximate surface area is 102 Å². The summed E-state index contributed by atoms with van der Waals surface area (Å²) >= 11 is 0. The van der Waals surface area contributed by atoms with Gasteiger partial charge in [-0.1, -0.05) is 13.8 Å². The Bertz CT molecular complexity index is 402. The van der Waals surface area contributed by atoms with Crippen LogP contribution in [0.4, 0.5) is 11.4 Å². The zero-order valence-electron chi connectivity index (χ0n) is 10.7. The molecule has 1 rings (SSSR count). The molecule has 1 unspecified atom stereocenters. The first-order chi connectivity index (χ1) is 7.90. The van der Waals surface area contributed by atoms with Crippen molar-refractivity contribution in [1.29, 1.82) is 0 Å². The van der Waals surface area contributed by atoms with Crippen LogP contribution >= 0.6 is 0 Å². The number of nitrogen functional groups attached to an aromatic ring is 2. The lowest BCUT2D eigenvalue weighted by Crippen LogP contribution is -2.33. The molecule has 0 saturated heterocycles. The molecule has 0 heterocycles. The topological polar surface area (TPSA) is 81.1 Å². The van der Waals surface area contributed by atoms with Crippen LogP contribution < -0.4 is 16.8 Å². The Morgan fingerprint density at radius 3 is 2.47 bits per heavy atom. The van der Waals surface area contributed by atoms with Gasteiger partial charge in [0.05, 0.1) is 5.56 Å². The fraction of sp³-hybridized carbons (Fsp3) is 0.462. The number of carbonyl (C=O) groups is 1. The van der Waals surface area contributed by atoms with Crippen molar-refractivity contribution < 1.29 is 4.79 Å². The summed E-state index contributed by atoms with van der Waals surface area (Å²) in [7, 11) is 0. The molecule has 0 aromatic heterocycles. The number of hydrogen-bond donors (Lipinski definition) is 3. The Balaban J connectivity index is 2.70. The fourth-order valence-corrected chi connectivity index (χ4v) is 1.86. The number of nitrogens with two attached hydrogens (primary N) is 2. The molecule has 5 N–H and O–H groups in total. The van der Waals surface area contributed by atoms with Gasteiger partial charge in [-0.25, -0.2) is 0 Å². The minimum Gasteiger partial charge on any atom is -0.399 e. The fourth-order valence-electron chi connectivity index (χ4n) is 1.86. The molecule has 0 radical (unpaired) electrons. The molecule has 1 atom stereocenters. The monoisotopic (exact) mass is 235 g/mol. The van der Waals surface area contributed by atoms with E-state index in [1.165, 1.54) is 0 Å². The van der Waals surface area contributed by atoms with Gasteiger partial charge in [0.25, 0.3) is 5.91 Å². The minimum absolute atomic E-state index is 0.138. The maximum Gasteiger partial charge on any atom is 0.253 e. The van der Waals surface area contributed by atoms with Gasteiger partial charge in [0.2, 0.25) is 0 Å². The second-order valence-electron chi connectivity index (χ2n) is 4.85. The summed E-state index contributed by atoms with van der Waals surface area (Å²) < 4.78 is 0. The number of rotatable bonds is 4. The largest absolute Gasteiger partial charge is 0.399 e. The predicted octanol–water partition coefficient (Wildman–Crippen LogP) is 2.02. The molecule has 4 heteroatoms. The van der Waals surface area contributed by atoms with Gasteiger partial charge in [0.1, 0.15) is 0 Å². The lowest BCUT2D eigenvalue weighted by molar-refractivity contribution is 0.0937. The van der Waals surface area contributed by atoms with Crippen molar-refractivity contribution in [2.75, 3.05) is 11.5 Å². The number of amides is 1. The molecule has 1 aromatic carbocycles. The van der Waals surface area contributed by atoms with Gasteiger partial charge in [0.15, 0.2) is 0 Å². The number of nitrogens with one attached hydrogen (secondary N) is 1. The molecule has 1 amide bonds. The standard InChI is InChI=1S/C13H21N3O/c1-8(2)6-9(3)16-13(17)11-5-4-10(14)7-12(11)15/h4-5,7-9H,6,14-15H2,1-3H3,(H,16,17). The Hall–Kier alpha value is -1.71. The van der Waals surface area contributed by atoms with Crippen molar-refractivity contribution in [3.63, 3.8) is 0 Å². The van der Waals surface area contributed by atoms with Gasteiger partial charge in [-0.05, 0) is 37.5 Å². The normalized spacial score (nSPS) is 12.5.